The van der Waals surface area contributed by atoms with Crippen LogP contribution in [0.5, 0.6) is 0 Å². The number of hydrogen-bond acceptors (Lipinski definition) is 5. The van der Waals surface area contributed by atoms with Gasteiger partial charge in [-0.2, -0.15) is 0 Å². The molecule has 0 aliphatic rings. The Morgan fingerprint density at radius 1 is 1.20 bits per heavy atom. The number of hydrogen-bond donors (Lipinski definition) is 2. The average molecular weight is 372 g/mol. The highest BCUT2D eigenvalue weighted by atomic mass is 32.1. The van der Waals surface area contributed by atoms with E-state index in [1.807, 2.05) is 36.6 Å². The van der Waals surface area contributed by atoms with Crippen LogP contribution in [-0.4, -0.2) is 10.9 Å². The molecule has 0 fully saturated rings. The number of amides is 1. The van der Waals surface area contributed by atoms with E-state index in [4.69, 9.17) is 0 Å². The summed E-state index contributed by atoms with van der Waals surface area (Å²) in [5.74, 6) is -0.0323. The maximum absolute atomic E-state index is 12.2. The molecule has 1 unspecified atom stereocenters. The monoisotopic (exact) mass is 371 g/mol. The number of para-hydroxylation sites is 1. The lowest BCUT2D eigenvalue weighted by Crippen LogP contribution is -2.18. The molecule has 3 aromatic rings. The maximum atomic E-state index is 12.2. The van der Waals surface area contributed by atoms with Crippen molar-refractivity contribution in [3.63, 3.8) is 0 Å². The largest absolute Gasteiger partial charge is 0.325 e. The van der Waals surface area contributed by atoms with Crippen molar-refractivity contribution in [2.45, 2.75) is 32.9 Å². The molecule has 0 aliphatic heterocycles. The van der Waals surface area contributed by atoms with Gasteiger partial charge in [0.05, 0.1) is 12.1 Å². The zero-order chi connectivity index (χ0) is 17.6. The third-order valence-electron chi connectivity index (χ3n) is 3.89. The molecule has 25 heavy (non-hydrogen) atoms. The summed E-state index contributed by atoms with van der Waals surface area (Å²) in [4.78, 5) is 18.1. The fourth-order valence-corrected chi connectivity index (χ4v) is 4.00. The molecule has 1 aromatic carbocycles. The zero-order valence-corrected chi connectivity index (χ0v) is 15.9. The summed E-state index contributed by atoms with van der Waals surface area (Å²) in [7, 11) is 0. The van der Waals surface area contributed by atoms with Crippen LogP contribution in [0.3, 0.4) is 0 Å². The number of thiophene rings is 1. The molecule has 0 bridgehead atoms. The molecule has 0 radical (unpaired) electrons. The summed E-state index contributed by atoms with van der Waals surface area (Å²) in [6.07, 6.45) is 0.305. The van der Waals surface area contributed by atoms with Crippen molar-refractivity contribution in [3.05, 3.63) is 68.3 Å². The predicted molar refractivity (Wildman–Crippen MR) is 105 cm³/mol. The van der Waals surface area contributed by atoms with Crippen molar-refractivity contribution in [1.82, 2.24) is 10.3 Å². The minimum atomic E-state index is -0.0323. The summed E-state index contributed by atoms with van der Waals surface area (Å²) in [6.45, 7) is 4.83. The van der Waals surface area contributed by atoms with Gasteiger partial charge in [-0.1, -0.05) is 24.3 Å². The number of thiazole rings is 1. The molecule has 1 atom stereocenters. The van der Waals surface area contributed by atoms with E-state index in [0.717, 1.165) is 22.0 Å². The highest BCUT2D eigenvalue weighted by Gasteiger charge is 2.11. The number of nitrogens with one attached hydrogen (secondary N) is 2. The van der Waals surface area contributed by atoms with Crippen LogP contribution in [-0.2, 0) is 17.8 Å². The van der Waals surface area contributed by atoms with Crippen molar-refractivity contribution in [2.24, 2.45) is 0 Å². The number of carbonyl (C=O) groups is 1. The van der Waals surface area contributed by atoms with E-state index in [9.17, 15) is 4.79 Å². The average Bonchev–Trinajstić information content (AvgIpc) is 3.26. The third-order valence-corrected chi connectivity index (χ3v) is 5.84. The van der Waals surface area contributed by atoms with Gasteiger partial charge in [0.2, 0.25) is 5.91 Å². The van der Waals surface area contributed by atoms with E-state index in [1.165, 1.54) is 16.2 Å². The molecular formula is C19H21N3OS2. The lowest BCUT2D eigenvalue weighted by molar-refractivity contribution is -0.115. The maximum Gasteiger partial charge on any atom is 0.231 e. The van der Waals surface area contributed by atoms with Crippen molar-refractivity contribution in [3.8, 4) is 0 Å². The van der Waals surface area contributed by atoms with Gasteiger partial charge in [0, 0.05) is 28.5 Å². The van der Waals surface area contributed by atoms with Gasteiger partial charge in [0.25, 0.3) is 0 Å². The van der Waals surface area contributed by atoms with Gasteiger partial charge < -0.3 is 10.6 Å². The van der Waals surface area contributed by atoms with Crippen molar-refractivity contribution in [2.75, 3.05) is 5.32 Å². The Labute approximate surface area is 155 Å². The molecule has 130 valence electrons. The Morgan fingerprint density at radius 3 is 2.80 bits per heavy atom. The molecule has 0 saturated carbocycles. The first-order chi connectivity index (χ1) is 12.1. The summed E-state index contributed by atoms with van der Waals surface area (Å²) in [5, 5.41) is 11.4. The van der Waals surface area contributed by atoms with Crippen molar-refractivity contribution in [1.29, 1.82) is 0 Å². The molecule has 0 aliphatic carbocycles. The van der Waals surface area contributed by atoms with E-state index >= 15 is 0 Å². The van der Waals surface area contributed by atoms with Gasteiger partial charge in [0.1, 0.15) is 5.01 Å². The quantitative estimate of drug-likeness (QED) is 0.641. The number of rotatable bonds is 7. The lowest BCUT2D eigenvalue weighted by Gasteiger charge is -2.10. The number of anilines is 1. The molecular weight excluding hydrogens is 350 g/mol. The number of aryl methyl sites for hydroxylation is 1. The number of benzene rings is 1. The van der Waals surface area contributed by atoms with Gasteiger partial charge in [-0.05, 0) is 36.9 Å². The molecule has 4 nitrogen and oxygen atoms in total. The minimum absolute atomic E-state index is 0.0323. The first-order valence-corrected chi connectivity index (χ1v) is 9.93. The van der Waals surface area contributed by atoms with Crippen LogP contribution in [0.4, 0.5) is 5.69 Å². The van der Waals surface area contributed by atoms with Crippen molar-refractivity contribution < 1.29 is 4.79 Å². The van der Waals surface area contributed by atoms with Crippen LogP contribution < -0.4 is 10.6 Å². The van der Waals surface area contributed by atoms with E-state index < -0.39 is 0 Å². The Bertz CT molecular complexity index is 827. The molecule has 6 heteroatoms. The Morgan fingerprint density at radius 2 is 2.04 bits per heavy atom. The predicted octanol–water partition coefficient (Wildman–Crippen LogP) is 4.55. The van der Waals surface area contributed by atoms with Gasteiger partial charge >= 0.3 is 0 Å². The summed E-state index contributed by atoms with van der Waals surface area (Å²) in [6, 6.07) is 12.3. The van der Waals surface area contributed by atoms with Gasteiger partial charge in [-0.25, -0.2) is 4.98 Å². The normalized spacial score (nSPS) is 12.1. The highest BCUT2D eigenvalue weighted by molar-refractivity contribution is 7.10. The summed E-state index contributed by atoms with van der Waals surface area (Å²) < 4.78 is 0. The number of aromatic nitrogens is 1. The molecule has 3 rings (SSSR count). The minimum Gasteiger partial charge on any atom is -0.325 e. The second kappa shape index (κ2) is 8.38. The lowest BCUT2D eigenvalue weighted by atomic mass is 10.2. The van der Waals surface area contributed by atoms with E-state index in [1.54, 1.807) is 11.3 Å². The summed E-state index contributed by atoms with van der Waals surface area (Å²) >= 11 is 3.28. The Hall–Kier alpha value is -2.02. The van der Waals surface area contributed by atoms with Crippen LogP contribution in [0.1, 0.15) is 34.1 Å². The molecule has 1 amide bonds. The van der Waals surface area contributed by atoms with Crippen LogP contribution in [0.2, 0.25) is 0 Å². The number of carbonyl (C=O) groups excluding carboxylic acids is 1. The Kier molecular flexibility index (Phi) is 5.96. The first-order valence-electron chi connectivity index (χ1n) is 8.17. The first kappa shape index (κ1) is 17.8. The second-order valence-electron chi connectivity index (χ2n) is 5.89. The van der Waals surface area contributed by atoms with E-state index in [2.05, 4.69) is 40.1 Å². The standard InChI is InChI=1S/C19H21N3OS2/c1-13-6-3-4-7-16(13)22-18(23)10-19-21-15(12-25-19)11-20-14(2)17-8-5-9-24-17/h3-9,12,14,20H,10-11H2,1-2H3,(H,22,23). The number of nitrogens with zero attached hydrogens (tertiary/aromatic N) is 1. The van der Waals surface area contributed by atoms with Gasteiger partial charge in [-0.15, -0.1) is 22.7 Å². The molecule has 0 saturated heterocycles. The fourth-order valence-electron chi connectivity index (χ4n) is 2.45. The summed E-state index contributed by atoms with van der Waals surface area (Å²) in [5.41, 5.74) is 2.89. The third kappa shape index (κ3) is 4.98. The van der Waals surface area contributed by atoms with Crippen LogP contribution in [0.25, 0.3) is 0 Å². The van der Waals surface area contributed by atoms with Crippen LogP contribution in [0.15, 0.2) is 47.2 Å². The molecule has 2 N–H and O–H groups in total. The SMILES string of the molecule is Cc1ccccc1NC(=O)Cc1nc(CNC(C)c2cccs2)cs1. The fraction of sp³-hybridized carbons (Fsp3) is 0.263. The molecule has 0 spiro atoms. The molecule has 2 heterocycles. The van der Waals surface area contributed by atoms with E-state index in [-0.39, 0.29) is 5.91 Å². The zero-order valence-electron chi connectivity index (χ0n) is 14.3. The van der Waals surface area contributed by atoms with E-state index in [0.29, 0.717) is 19.0 Å². The van der Waals surface area contributed by atoms with Gasteiger partial charge in [0.15, 0.2) is 0 Å². The van der Waals surface area contributed by atoms with Crippen LogP contribution >= 0.6 is 22.7 Å². The smallest absolute Gasteiger partial charge is 0.231 e. The Balaban J connectivity index is 1.51. The van der Waals surface area contributed by atoms with Crippen LogP contribution in [0, 0.1) is 6.92 Å². The van der Waals surface area contributed by atoms with Gasteiger partial charge in [-0.3, -0.25) is 4.79 Å². The second-order valence-corrected chi connectivity index (χ2v) is 7.81. The topological polar surface area (TPSA) is 54.0 Å². The van der Waals surface area contributed by atoms with Crippen molar-refractivity contribution >= 4 is 34.3 Å². The molecule has 2 aromatic heterocycles. The highest BCUT2D eigenvalue weighted by Crippen LogP contribution is 2.19.